The van der Waals surface area contributed by atoms with Gasteiger partial charge >= 0.3 is 0 Å². The summed E-state index contributed by atoms with van der Waals surface area (Å²) in [6.07, 6.45) is 3.53. The minimum Gasteiger partial charge on any atom is -0.478 e. The van der Waals surface area contributed by atoms with Crippen molar-refractivity contribution in [1.82, 2.24) is 14.6 Å². The van der Waals surface area contributed by atoms with E-state index >= 15 is 0 Å². The van der Waals surface area contributed by atoms with Gasteiger partial charge in [-0.25, -0.2) is 13.1 Å². The van der Waals surface area contributed by atoms with Gasteiger partial charge in [-0.3, -0.25) is 4.90 Å². The van der Waals surface area contributed by atoms with E-state index in [-0.39, 0.29) is 4.90 Å². The summed E-state index contributed by atoms with van der Waals surface area (Å²) in [5, 5.41) is 1.19. The molecule has 3 rings (SSSR count). The van der Waals surface area contributed by atoms with E-state index in [2.05, 4.69) is 34.5 Å². The monoisotopic (exact) mass is 415 g/mol. The number of H-pyrrole nitrogens is 1. The molecule has 0 saturated heterocycles. The molecule has 0 radical (unpaired) electrons. The molecule has 1 heterocycles. The third kappa shape index (κ3) is 5.59. The summed E-state index contributed by atoms with van der Waals surface area (Å²) in [4.78, 5) is 5.64. The van der Waals surface area contributed by atoms with E-state index in [1.54, 1.807) is 24.3 Å². The number of hydrogen-bond donors (Lipinski definition) is 2. The fourth-order valence-electron chi connectivity index (χ4n) is 3.19. The summed E-state index contributed by atoms with van der Waals surface area (Å²) in [7, 11) is -3.52. The average molecular weight is 416 g/mol. The zero-order valence-electron chi connectivity index (χ0n) is 17.0. The van der Waals surface area contributed by atoms with Gasteiger partial charge in [0, 0.05) is 23.6 Å². The Bertz CT molecular complexity index is 1010. The molecule has 0 fully saturated rings. The largest absolute Gasteiger partial charge is 0.478 e. The molecule has 0 aliphatic carbocycles. The standard InChI is InChI=1S/C22H29N3O3S/c1-3-25(4-2)17-28-19-11-13-20(14-12-19)29(26,27)24-15-7-8-18-16-23-22-10-6-5-9-21(18)22/h5-6,9-14,16,23-24H,3-4,7-8,15,17H2,1-2H3. The van der Waals surface area contributed by atoms with Crippen LogP contribution in [0.25, 0.3) is 10.9 Å². The van der Waals surface area contributed by atoms with Crippen LogP contribution in [0.4, 0.5) is 0 Å². The van der Waals surface area contributed by atoms with E-state index in [1.807, 2.05) is 24.4 Å². The average Bonchev–Trinajstić information content (AvgIpc) is 3.15. The molecule has 0 unspecified atom stereocenters. The predicted molar refractivity (Wildman–Crippen MR) is 117 cm³/mol. The van der Waals surface area contributed by atoms with Crippen LogP contribution < -0.4 is 9.46 Å². The topological polar surface area (TPSA) is 74.4 Å². The van der Waals surface area contributed by atoms with Gasteiger partial charge in [0.25, 0.3) is 0 Å². The Morgan fingerprint density at radius 2 is 1.76 bits per heavy atom. The van der Waals surface area contributed by atoms with Crippen molar-refractivity contribution in [2.45, 2.75) is 31.6 Å². The number of sulfonamides is 1. The molecule has 0 saturated carbocycles. The number of benzene rings is 2. The molecule has 1 aromatic heterocycles. The second kappa shape index (κ2) is 9.91. The van der Waals surface area contributed by atoms with Crippen molar-refractivity contribution in [2.75, 3.05) is 26.4 Å². The first kappa shape index (κ1) is 21.4. The van der Waals surface area contributed by atoms with Gasteiger partial charge in [0.05, 0.1) is 4.90 Å². The van der Waals surface area contributed by atoms with Crippen LogP contribution in [0.5, 0.6) is 5.75 Å². The van der Waals surface area contributed by atoms with Crippen molar-refractivity contribution in [2.24, 2.45) is 0 Å². The maximum Gasteiger partial charge on any atom is 0.240 e. The number of nitrogens with one attached hydrogen (secondary N) is 2. The molecule has 2 aromatic carbocycles. The van der Waals surface area contributed by atoms with Crippen molar-refractivity contribution in [3.05, 3.63) is 60.3 Å². The van der Waals surface area contributed by atoms with E-state index in [4.69, 9.17) is 4.74 Å². The molecule has 2 N–H and O–H groups in total. The van der Waals surface area contributed by atoms with Gasteiger partial charge in [0.2, 0.25) is 10.0 Å². The van der Waals surface area contributed by atoms with Crippen molar-refractivity contribution >= 4 is 20.9 Å². The minimum atomic E-state index is -3.52. The number of aromatic nitrogens is 1. The Balaban J connectivity index is 1.50. The third-order valence-corrected chi connectivity index (χ3v) is 6.51. The lowest BCUT2D eigenvalue weighted by atomic mass is 10.1. The molecule has 3 aromatic rings. The number of rotatable bonds is 11. The molecular formula is C22H29N3O3S. The zero-order valence-corrected chi connectivity index (χ0v) is 17.8. The van der Waals surface area contributed by atoms with Gasteiger partial charge < -0.3 is 9.72 Å². The molecule has 29 heavy (non-hydrogen) atoms. The highest BCUT2D eigenvalue weighted by atomic mass is 32.2. The minimum absolute atomic E-state index is 0.250. The van der Waals surface area contributed by atoms with Crippen LogP contribution in [-0.4, -0.2) is 44.7 Å². The Hall–Kier alpha value is -2.35. The highest BCUT2D eigenvalue weighted by Gasteiger charge is 2.13. The summed E-state index contributed by atoms with van der Waals surface area (Å²) in [5.41, 5.74) is 2.31. The van der Waals surface area contributed by atoms with Crippen LogP contribution in [0.2, 0.25) is 0 Å². The lowest BCUT2D eigenvalue weighted by Crippen LogP contribution is -2.27. The van der Waals surface area contributed by atoms with Crippen LogP contribution in [-0.2, 0) is 16.4 Å². The fraction of sp³-hybridized carbons (Fsp3) is 0.364. The van der Waals surface area contributed by atoms with Crippen molar-refractivity contribution in [3.8, 4) is 5.75 Å². The lowest BCUT2D eigenvalue weighted by molar-refractivity contribution is 0.137. The summed E-state index contributed by atoms with van der Waals surface area (Å²) in [5.74, 6) is 0.662. The normalized spacial score (nSPS) is 12.0. The molecule has 0 spiro atoms. The molecular weight excluding hydrogens is 386 g/mol. The van der Waals surface area contributed by atoms with Crippen LogP contribution in [0.1, 0.15) is 25.8 Å². The Kier molecular flexibility index (Phi) is 7.30. The van der Waals surface area contributed by atoms with Crippen LogP contribution in [0.3, 0.4) is 0 Å². The number of hydrogen-bond acceptors (Lipinski definition) is 4. The number of ether oxygens (including phenoxy) is 1. The quantitative estimate of drug-likeness (QED) is 0.369. The molecule has 0 aliphatic heterocycles. The zero-order chi connectivity index (χ0) is 20.7. The molecule has 0 atom stereocenters. The van der Waals surface area contributed by atoms with Gasteiger partial charge in [-0.05, 0) is 61.8 Å². The first-order chi connectivity index (χ1) is 14.0. The smallest absolute Gasteiger partial charge is 0.240 e. The van der Waals surface area contributed by atoms with Crippen LogP contribution in [0, 0.1) is 0 Å². The molecule has 6 nitrogen and oxygen atoms in total. The van der Waals surface area contributed by atoms with Crippen molar-refractivity contribution in [3.63, 3.8) is 0 Å². The van der Waals surface area contributed by atoms with Gasteiger partial charge in [-0.15, -0.1) is 0 Å². The van der Waals surface area contributed by atoms with E-state index in [9.17, 15) is 8.42 Å². The number of fused-ring (bicyclic) bond motifs is 1. The van der Waals surface area contributed by atoms with E-state index in [0.717, 1.165) is 31.4 Å². The summed E-state index contributed by atoms with van der Waals surface area (Å²) in [6, 6.07) is 14.7. The number of aromatic amines is 1. The van der Waals surface area contributed by atoms with E-state index in [0.29, 0.717) is 19.0 Å². The first-order valence-corrected chi connectivity index (χ1v) is 11.5. The highest BCUT2D eigenvalue weighted by molar-refractivity contribution is 7.89. The maximum atomic E-state index is 12.5. The van der Waals surface area contributed by atoms with Gasteiger partial charge in [0.15, 0.2) is 0 Å². The second-order valence-corrected chi connectivity index (χ2v) is 8.68. The molecule has 156 valence electrons. The number of nitrogens with zero attached hydrogens (tertiary/aromatic N) is 1. The van der Waals surface area contributed by atoms with Gasteiger partial charge in [-0.1, -0.05) is 32.0 Å². The fourth-order valence-corrected chi connectivity index (χ4v) is 4.27. The summed E-state index contributed by atoms with van der Waals surface area (Å²) < 4.78 is 33.4. The van der Waals surface area contributed by atoms with Gasteiger partial charge in [0.1, 0.15) is 12.5 Å². The van der Waals surface area contributed by atoms with Crippen molar-refractivity contribution < 1.29 is 13.2 Å². The number of para-hydroxylation sites is 1. The first-order valence-electron chi connectivity index (χ1n) is 10.0. The molecule has 7 heteroatoms. The SMILES string of the molecule is CCN(CC)COc1ccc(S(=O)(=O)NCCCc2c[nH]c3ccccc23)cc1. The Labute approximate surface area is 172 Å². The summed E-state index contributed by atoms with van der Waals surface area (Å²) in [6.45, 7) is 6.85. The van der Waals surface area contributed by atoms with Gasteiger partial charge in [-0.2, -0.15) is 0 Å². The number of aryl methyl sites for hydroxylation is 1. The Morgan fingerprint density at radius 1 is 1.03 bits per heavy atom. The van der Waals surface area contributed by atoms with Crippen LogP contribution in [0.15, 0.2) is 59.6 Å². The molecule has 0 aliphatic rings. The third-order valence-electron chi connectivity index (χ3n) is 5.03. The van der Waals surface area contributed by atoms with E-state index < -0.39 is 10.0 Å². The summed E-state index contributed by atoms with van der Waals surface area (Å²) >= 11 is 0. The second-order valence-electron chi connectivity index (χ2n) is 6.91. The molecule has 0 bridgehead atoms. The Morgan fingerprint density at radius 3 is 2.48 bits per heavy atom. The maximum absolute atomic E-state index is 12.5. The highest BCUT2D eigenvalue weighted by Crippen LogP contribution is 2.19. The van der Waals surface area contributed by atoms with Crippen molar-refractivity contribution in [1.29, 1.82) is 0 Å². The predicted octanol–water partition coefficient (Wildman–Crippen LogP) is 3.76. The lowest BCUT2D eigenvalue weighted by Gasteiger charge is -2.18. The van der Waals surface area contributed by atoms with Crippen LogP contribution >= 0.6 is 0 Å². The van der Waals surface area contributed by atoms with E-state index in [1.165, 1.54) is 10.9 Å². The molecule has 0 amide bonds.